The monoisotopic (exact) mass is 356 g/mol. The van der Waals surface area contributed by atoms with E-state index in [0.29, 0.717) is 35.8 Å². The number of hydrazine groups is 1. The largest absolute Gasteiger partial charge is 0.497 e. The van der Waals surface area contributed by atoms with Crippen molar-refractivity contribution in [3.05, 3.63) is 48.1 Å². The molecule has 0 radical (unpaired) electrons. The number of carbonyl (C=O) groups excluding carboxylic acids is 2. The number of imidazole rings is 1. The number of benzene rings is 1. The number of ether oxygens (including phenoxy) is 2. The van der Waals surface area contributed by atoms with Crippen LogP contribution in [0.1, 0.15) is 22.5 Å². The molecule has 2 aromatic rings. The van der Waals surface area contributed by atoms with Crippen LogP contribution in [0.5, 0.6) is 11.5 Å². The Kier molecular flexibility index (Phi) is 5.21. The number of nitrogens with one attached hydrogen (secondary N) is 1. The van der Waals surface area contributed by atoms with E-state index in [2.05, 4.69) is 9.97 Å². The molecule has 1 saturated heterocycles. The molecule has 1 fully saturated rings. The number of hydrogen-bond acceptors (Lipinski definition) is 5. The third kappa shape index (κ3) is 3.53. The highest BCUT2D eigenvalue weighted by Crippen LogP contribution is 2.25. The molecule has 0 unspecified atom stereocenters. The molecule has 26 heavy (non-hydrogen) atoms. The standard InChI is InChI=1S/C18H20N4O4/c1-25-14-5-6-16(26-2)13(10-14)4-7-17(23)21-8-3-9-22(21)18(24)15-11-19-12-20-15/h4-7,10-12H,3,8-9H2,1-2H3,(H,19,20). The van der Waals surface area contributed by atoms with Crippen LogP contribution in [0, 0.1) is 0 Å². The minimum atomic E-state index is -0.278. The summed E-state index contributed by atoms with van der Waals surface area (Å²) in [5.74, 6) is 0.734. The van der Waals surface area contributed by atoms with Gasteiger partial charge in [-0.3, -0.25) is 9.59 Å². The SMILES string of the molecule is COc1ccc(OC)c(C=CC(=O)N2CCCN2C(=O)c2cnc[nH]2)c1. The number of amides is 2. The zero-order chi connectivity index (χ0) is 18.5. The molecular weight excluding hydrogens is 336 g/mol. The number of methoxy groups -OCH3 is 2. The zero-order valence-electron chi connectivity index (χ0n) is 14.6. The third-order valence-corrected chi connectivity index (χ3v) is 4.09. The van der Waals surface area contributed by atoms with Crippen LogP contribution < -0.4 is 9.47 Å². The minimum absolute atomic E-state index is 0.277. The van der Waals surface area contributed by atoms with E-state index in [-0.39, 0.29) is 11.8 Å². The molecule has 0 aliphatic carbocycles. The molecule has 3 rings (SSSR count). The first-order valence-corrected chi connectivity index (χ1v) is 8.16. The van der Waals surface area contributed by atoms with E-state index in [1.54, 1.807) is 38.5 Å². The van der Waals surface area contributed by atoms with Crippen molar-refractivity contribution < 1.29 is 19.1 Å². The van der Waals surface area contributed by atoms with Crippen molar-refractivity contribution in [1.82, 2.24) is 20.0 Å². The lowest BCUT2D eigenvalue weighted by Gasteiger charge is -2.26. The Morgan fingerprint density at radius 2 is 2.00 bits per heavy atom. The molecular formula is C18H20N4O4. The van der Waals surface area contributed by atoms with Crippen molar-refractivity contribution in [1.29, 1.82) is 0 Å². The van der Waals surface area contributed by atoms with Gasteiger partial charge >= 0.3 is 0 Å². The minimum Gasteiger partial charge on any atom is -0.497 e. The first kappa shape index (κ1) is 17.5. The van der Waals surface area contributed by atoms with Crippen molar-refractivity contribution in [2.24, 2.45) is 0 Å². The third-order valence-electron chi connectivity index (χ3n) is 4.09. The molecule has 8 heteroatoms. The van der Waals surface area contributed by atoms with Crippen LogP contribution in [0.15, 0.2) is 36.8 Å². The van der Waals surface area contributed by atoms with E-state index in [9.17, 15) is 9.59 Å². The van der Waals surface area contributed by atoms with Gasteiger partial charge in [0.15, 0.2) is 0 Å². The molecule has 1 aromatic carbocycles. The van der Waals surface area contributed by atoms with Gasteiger partial charge in [-0.05, 0) is 30.7 Å². The van der Waals surface area contributed by atoms with E-state index in [0.717, 1.165) is 6.42 Å². The Morgan fingerprint density at radius 1 is 1.19 bits per heavy atom. The summed E-state index contributed by atoms with van der Waals surface area (Å²) in [5, 5.41) is 2.87. The second-order valence-electron chi connectivity index (χ2n) is 5.65. The predicted molar refractivity (Wildman–Crippen MR) is 94.5 cm³/mol. The number of rotatable bonds is 5. The van der Waals surface area contributed by atoms with Crippen LogP contribution in [0.2, 0.25) is 0 Å². The molecule has 1 N–H and O–H groups in total. The van der Waals surface area contributed by atoms with Crippen LogP contribution in [0.3, 0.4) is 0 Å². The lowest BCUT2D eigenvalue weighted by molar-refractivity contribution is -0.134. The first-order chi connectivity index (χ1) is 12.6. The van der Waals surface area contributed by atoms with Gasteiger partial charge in [-0.1, -0.05) is 0 Å². The molecule has 0 bridgehead atoms. The van der Waals surface area contributed by atoms with E-state index in [1.807, 2.05) is 0 Å². The van der Waals surface area contributed by atoms with Crippen LogP contribution in [-0.4, -0.2) is 59.1 Å². The summed E-state index contributed by atoms with van der Waals surface area (Å²) >= 11 is 0. The summed E-state index contributed by atoms with van der Waals surface area (Å²) in [6, 6.07) is 5.33. The van der Waals surface area contributed by atoms with Gasteiger partial charge < -0.3 is 14.5 Å². The Morgan fingerprint density at radius 3 is 2.69 bits per heavy atom. The highest BCUT2D eigenvalue weighted by atomic mass is 16.5. The van der Waals surface area contributed by atoms with Crippen molar-refractivity contribution in [3.8, 4) is 11.5 Å². The summed E-state index contributed by atoms with van der Waals surface area (Å²) in [5.41, 5.74) is 1.06. The summed E-state index contributed by atoms with van der Waals surface area (Å²) in [6.45, 7) is 0.970. The van der Waals surface area contributed by atoms with E-state index < -0.39 is 0 Å². The lowest BCUT2D eigenvalue weighted by Crippen LogP contribution is -2.44. The van der Waals surface area contributed by atoms with Gasteiger partial charge in [0.1, 0.15) is 17.2 Å². The number of aromatic amines is 1. The topological polar surface area (TPSA) is 87.8 Å². The normalized spacial score (nSPS) is 14.1. The Labute approximate surface area is 151 Å². The average molecular weight is 356 g/mol. The molecule has 0 atom stereocenters. The maximum atomic E-state index is 12.6. The molecule has 1 aromatic heterocycles. The van der Waals surface area contributed by atoms with Crippen molar-refractivity contribution in [2.75, 3.05) is 27.3 Å². The van der Waals surface area contributed by atoms with E-state index in [4.69, 9.17) is 9.47 Å². The highest BCUT2D eigenvalue weighted by Gasteiger charge is 2.30. The fourth-order valence-electron chi connectivity index (χ4n) is 2.78. The molecule has 1 aliphatic heterocycles. The predicted octanol–water partition coefficient (Wildman–Crippen LogP) is 1.73. The first-order valence-electron chi connectivity index (χ1n) is 8.16. The summed E-state index contributed by atoms with van der Waals surface area (Å²) in [7, 11) is 3.13. The number of aromatic nitrogens is 2. The number of hydrogen-bond donors (Lipinski definition) is 1. The van der Waals surface area contributed by atoms with E-state index in [1.165, 1.54) is 28.6 Å². The maximum Gasteiger partial charge on any atom is 0.290 e. The van der Waals surface area contributed by atoms with Crippen LogP contribution >= 0.6 is 0 Å². The van der Waals surface area contributed by atoms with Crippen LogP contribution in [0.4, 0.5) is 0 Å². The van der Waals surface area contributed by atoms with Gasteiger partial charge in [-0.25, -0.2) is 15.0 Å². The van der Waals surface area contributed by atoms with Gasteiger partial charge in [0, 0.05) is 24.7 Å². The summed E-state index contributed by atoms with van der Waals surface area (Å²) in [4.78, 5) is 31.7. The molecule has 0 spiro atoms. The van der Waals surface area contributed by atoms with Crippen molar-refractivity contribution in [2.45, 2.75) is 6.42 Å². The van der Waals surface area contributed by atoms with Crippen molar-refractivity contribution in [3.63, 3.8) is 0 Å². The van der Waals surface area contributed by atoms with Crippen LogP contribution in [-0.2, 0) is 4.79 Å². The molecule has 8 nitrogen and oxygen atoms in total. The molecule has 1 aliphatic rings. The second-order valence-corrected chi connectivity index (χ2v) is 5.65. The Hall–Kier alpha value is -3.29. The summed E-state index contributed by atoms with van der Waals surface area (Å²) in [6.07, 6.45) is 6.68. The number of H-pyrrole nitrogens is 1. The van der Waals surface area contributed by atoms with E-state index >= 15 is 0 Å². The zero-order valence-corrected chi connectivity index (χ0v) is 14.6. The van der Waals surface area contributed by atoms with Gasteiger partial charge in [-0.2, -0.15) is 0 Å². The lowest BCUT2D eigenvalue weighted by atomic mass is 10.1. The fourth-order valence-corrected chi connectivity index (χ4v) is 2.78. The quantitative estimate of drug-likeness (QED) is 0.825. The van der Waals surface area contributed by atoms with Gasteiger partial charge in [0.2, 0.25) is 0 Å². The highest BCUT2D eigenvalue weighted by molar-refractivity contribution is 5.97. The van der Waals surface area contributed by atoms with Gasteiger partial charge in [0.05, 0.1) is 26.7 Å². The second kappa shape index (κ2) is 7.73. The maximum absolute atomic E-state index is 12.6. The average Bonchev–Trinajstić information content (AvgIpc) is 3.37. The van der Waals surface area contributed by atoms with Crippen molar-refractivity contribution >= 4 is 17.9 Å². The number of carbonyl (C=O) groups is 2. The fraction of sp³-hybridized carbons (Fsp3) is 0.278. The summed E-state index contributed by atoms with van der Waals surface area (Å²) < 4.78 is 10.5. The number of nitrogens with zero attached hydrogens (tertiary/aromatic N) is 3. The van der Waals surface area contributed by atoms with Crippen LogP contribution in [0.25, 0.3) is 6.08 Å². The molecule has 2 heterocycles. The molecule has 0 saturated carbocycles. The molecule has 2 amide bonds. The smallest absolute Gasteiger partial charge is 0.290 e. The Balaban J connectivity index is 1.77. The van der Waals surface area contributed by atoms with Gasteiger partial charge in [-0.15, -0.1) is 0 Å². The van der Waals surface area contributed by atoms with Gasteiger partial charge in [0.25, 0.3) is 11.8 Å². The molecule has 136 valence electrons. The Bertz CT molecular complexity index is 817.